The molecule has 2 fully saturated rings. The maximum absolute atomic E-state index is 14.5. The molecule has 1 aromatic rings. The number of nitrogens with two attached hydrogens (primary N) is 4. The Kier molecular flexibility index (Phi) is 44.1. The molecule has 2 saturated heterocycles. The van der Waals surface area contributed by atoms with E-state index in [-0.39, 0.29) is 70.6 Å². The molecule has 0 saturated carbocycles. The Morgan fingerprint density at radius 1 is 0.565 bits per heavy atom. The van der Waals surface area contributed by atoms with Crippen LogP contribution in [0.15, 0.2) is 42.5 Å². The van der Waals surface area contributed by atoms with Crippen LogP contribution in [0.5, 0.6) is 0 Å². The molecule has 3 rings (SSSR count). The number of carboxylic acids is 3. The van der Waals surface area contributed by atoms with Crippen LogP contribution in [-0.4, -0.2) is 303 Å². The van der Waals surface area contributed by atoms with Crippen LogP contribution in [0.3, 0.4) is 0 Å². The lowest BCUT2D eigenvalue weighted by Crippen LogP contribution is -2.60. The normalized spacial score (nSPS) is 19.7. The van der Waals surface area contributed by atoms with Crippen molar-refractivity contribution < 1.29 is 132 Å². The fraction of sp³-hybridized carbons (Fsp3) is 0.648. The third kappa shape index (κ3) is 35.5. The summed E-state index contributed by atoms with van der Waals surface area (Å²) in [7, 11) is 0. The number of carbonyl (C=O) groups is 17. The maximum Gasteiger partial charge on any atom is 0.328 e. The molecule has 0 aliphatic carbocycles. The quantitative estimate of drug-likeness (QED) is 0.0213. The van der Waals surface area contributed by atoms with Crippen molar-refractivity contribution in [3.8, 4) is 0 Å². The second-order valence-corrected chi connectivity index (χ2v) is 27.7. The number of amides is 14. The highest BCUT2D eigenvalue weighted by Crippen LogP contribution is 2.25. The highest BCUT2D eigenvalue weighted by Gasteiger charge is 2.45. The van der Waals surface area contributed by atoms with E-state index in [1.807, 2.05) is 19.2 Å². The Balaban J connectivity index is 1.85. The van der Waals surface area contributed by atoms with Gasteiger partial charge in [0.05, 0.1) is 57.5 Å². The second kappa shape index (κ2) is 51.4. The van der Waals surface area contributed by atoms with Crippen LogP contribution in [-0.2, 0) is 97.4 Å². The van der Waals surface area contributed by atoms with Gasteiger partial charge in [0.1, 0.15) is 66.7 Å². The van der Waals surface area contributed by atoms with Crippen LogP contribution < -0.4 is 86.7 Å². The van der Waals surface area contributed by atoms with Crippen molar-refractivity contribution in [1.29, 1.82) is 0 Å². The number of aliphatic hydroxyl groups is 5. The Labute approximate surface area is 661 Å². The van der Waals surface area contributed by atoms with E-state index < -0.39 is 282 Å². The molecule has 0 spiro atoms. The van der Waals surface area contributed by atoms with Crippen molar-refractivity contribution >= 4 is 101 Å². The number of carbonyl (C=O) groups excluding carboxylic acids is 14. The fourth-order valence-electron chi connectivity index (χ4n) is 11.8. The average molecular weight is 1640 g/mol. The molecule has 0 bridgehead atoms. The molecule has 28 N–H and O–H groups in total. The number of nitrogens with zero attached hydrogens (tertiary/aromatic N) is 1. The maximum atomic E-state index is 14.5. The van der Waals surface area contributed by atoms with Crippen LogP contribution in [0.4, 0.5) is 0 Å². The zero-order valence-corrected chi connectivity index (χ0v) is 64.5. The summed E-state index contributed by atoms with van der Waals surface area (Å²) in [5, 5.41) is 108. The first-order valence-electron chi connectivity index (χ1n) is 37.6. The van der Waals surface area contributed by atoms with Gasteiger partial charge in [-0.15, -0.1) is 0 Å². The van der Waals surface area contributed by atoms with Crippen LogP contribution in [0.25, 0.3) is 0 Å². The number of rotatable bonds is 53. The zero-order valence-electron chi connectivity index (χ0n) is 64.5. The largest absolute Gasteiger partial charge is 0.481 e. The average Bonchev–Trinajstić information content (AvgIpc) is 1.79. The lowest BCUT2D eigenvalue weighted by Gasteiger charge is -2.40. The molecule has 44 nitrogen and oxygen atoms in total. The lowest BCUT2D eigenvalue weighted by molar-refractivity contribution is -0.310. The van der Waals surface area contributed by atoms with Gasteiger partial charge in [-0.05, 0) is 89.2 Å². The first-order chi connectivity index (χ1) is 54.4. The predicted molar refractivity (Wildman–Crippen MR) is 400 cm³/mol. The standard InChI is InChI=1S/C71H113N17O27/c1-5-36(2)41(80-51(92)30-74)18-16-37(3)62(104)76-31-54(95)83-47(28-39-12-7-6-8-13-39)68(110)85-43(19-17-40(29-73)114-71-61(103)60(102)59(101)49(35-89)115-71)64(106)78-33-52(93)81-45(21-24-56(97)98)66(108)84-44(20-23-50(75)91)65(107)79-34-55(96)88-27-11-15-48(88)69(111)86-42(14-9-10-26-72)63(105)77-32-53(94)82-46(22-25-57(99)100)67(109)87-58(38(4)90)70(112)113/h6-8,12-13,16,18,36-38,40-49,58-61,71,89-90,101-103H,5,9-11,14-15,17,19-35,72-74H2,1-4H3,(H2,75,91)(H,76,104)(H,77,105)(H,78,106)(H,79,107)(H,80,92)(H,81,93)(H,82,94)(H,83,95)(H,84,108)(H,85,110)(H,86,111)(H,87,109)(H,97,98)(H,99,100)(H,112,113)/b18-16+/t36-,37+,38+,40+,41+,42-,43?,44-,45-,46-,47-,48-,49+,58-,59-,60-,61+,71+/m0/s1. The van der Waals surface area contributed by atoms with Crippen LogP contribution in [0.1, 0.15) is 123 Å². The molecule has 14 amide bonds. The van der Waals surface area contributed by atoms with E-state index in [2.05, 4.69) is 58.5 Å². The first-order valence-corrected chi connectivity index (χ1v) is 37.6. The third-order valence-electron chi connectivity index (χ3n) is 18.7. The summed E-state index contributed by atoms with van der Waals surface area (Å²) in [5.74, 6) is -18.8. The minimum Gasteiger partial charge on any atom is -0.481 e. The Hall–Kier alpha value is -10.4. The molecule has 0 aromatic heterocycles. The molecule has 1 unspecified atom stereocenters. The Morgan fingerprint density at radius 3 is 1.57 bits per heavy atom. The van der Waals surface area contributed by atoms with E-state index in [1.54, 1.807) is 36.4 Å². The van der Waals surface area contributed by atoms with Crippen molar-refractivity contribution in [2.45, 2.75) is 221 Å². The molecule has 2 aliphatic rings. The monoisotopic (exact) mass is 1640 g/mol. The lowest BCUT2D eigenvalue weighted by atomic mass is 9.97. The molecular formula is C71H113N17O27. The van der Waals surface area contributed by atoms with Crippen molar-refractivity contribution in [3.63, 3.8) is 0 Å². The molecule has 644 valence electrons. The highest BCUT2D eigenvalue weighted by molar-refractivity contribution is 5.99. The summed E-state index contributed by atoms with van der Waals surface area (Å²) in [6.45, 7) is 1.63. The minimum atomic E-state index is -1.90. The Morgan fingerprint density at radius 2 is 1.07 bits per heavy atom. The van der Waals surface area contributed by atoms with E-state index in [4.69, 9.17) is 32.4 Å². The Bertz CT molecular complexity index is 3490. The molecular weight excluding hydrogens is 1520 g/mol. The fourth-order valence-corrected chi connectivity index (χ4v) is 11.8. The smallest absolute Gasteiger partial charge is 0.328 e. The number of ether oxygens (including phenoxy) is 2. The third-order valence-corrected chi connectivity index (χ3v) is 18.7. The van der Waals surface area contributed by atoms with Crippen molar-refractivity contribution in [2.75, 3.05) is 59.0 Å². The van der Waals surface area contributed by atoms with Gasteiger partial charge >= 0.3 is 17.9 Å². The number of benzene rings is 1. The van der Waals surface area contributed by atoms with Gasteiger partial charge < -0.3 is 142 Å². The second-order valence-electron chi connectivity index (χ2n) is 27.7. The molecule has 2 heterocycles. The molecule has 115 heavy (non-hydrogen) atoms. The van der Waals surface area contributed by atoms with Gasteiger partial charge in [0.2, 0.25) is 82.7 Å². The van der Waals surface area contributed by atoms with E-state index >= 15 is 0 Å². The van der Waals surface area contributed by atoms with Crippen LogP contribution in [0.2, 0.25) is 0 Å². The van der Waals surface area contributed by atoms with Gasteiger partial charge in [0.15, 0.2) is 12.3 Å². The predicted octanol–water partition coefficient (Wildman–Crippen LogP) is -9.73. The zero-order chi connectivity index (χ0) is 86.2. The number of primary amides is 1. The number of aliphatic hydroxyl groups excluding tert-OH is 5. The number of hydrogen-bond acceptors (Lipinski definition) is 27. The van der Waals surface area contributed by atoms with Crippen molar-refractivity contribution in [2.24, 2.45) is 34.8 Å². The minimum absolute atomic E-state index is 0.0366. The highest BCUT2D eigenvalue weighted by atomic mass is 16.7. The summed E-state index contributed by atoms with van der Waals surface area (Å²) in [4.78, 5) is 225. The van der Waals surface area contributed by atoms with E-state index in [0.717, 1.165) is 11.8 Å². The number of carboxylic acid groups (broad SMARTS) is 3. The van der Waals surface area contributed by atoms with E-state index in [0.29, 0.717) is 18.4 Å². The molecule has 18 atom stereocenters. The number of nitrogens with one attached hydrogen (secondary N) is 12. The van der Waals surface area contributed by atoms with E-state index in [9.17, 15) is 122 Å². The summed E-state index contributed by atoms with van der Waals surface area (Å²) >= 11 is 0. The summed E-state index contributed by atoms with van der Waals surface area (Å²) in [6, 6.07) is -5.20. The molecule has 44 heteroatoms. The summed E-state index contributed by atoms with van der Waals surface area (Å²) in [5.41, 5.74) is 23.1. The topological polar surface area (TPSA) is 722 Å². The van der Waals surface area contributed by atoms with Crippen LogP contribution in [0, 0.1) is 11.8 Å². The molecule has 1 aromatic carbocycles. The number of hydrogen-bond donors (Lipinski definition) is 24. The SMILES string of the molecule is CC[C@H](C)[C@@H](/C=C/[C@@H](C)C(=O)NCC(=O)N[C@@H](Cc1ccccc1)C(=O)NC(CC[C@H](CN)O[C@@H]1O[C@H](CO)[C@H](O)[C@H](O)[C@H]1O)C(=O)NCC(=O)N[C@@H](CCC(=O)O)C(=O)N[C@@H](CCC(N)=O)C(=O)NCC(=O)N1CCC[C@H]1C(=O)N[C@@H](CCCCN)C(=O)NCC(=O)N[C@@H](CCC(=O)O)C(=O)N[C@H](C(=O)O)[C@@H](C)O)NC(=O)CN. The van der Waals surface area contributed by atoms with Crippen molar-refractivity contribution in [3.05, 3.63) is 48.0 Å². The summed E-state index contributed by atoms with van der Waals surface area (Å²) in [6.07, 6.45) is -11.6. The summed E-state index contributed by atoms with van der Waals surface area (Å²) < 4.78 is 11.3. The van der Waals surface area contributed by atoms with Gasteiger partial charge in [-0.3, -0.25) is 76.7 Å². The van der Waals surface area contributed by atoms with Gasteiger partial charge in [-0.2, -0.15) is 0 Å². The van der Waals surface area contributed by atoms with Gasteiger partial charge in [-0.1, -0.05) is 69.7 Å². The number of unbranched alkanes of at least 4 members (excludes halogenated alkanes) is 1. The van der Waals surface area contributed by atoms with Gasteiger partial charge in [0.25, 0.3) is 0 Å². The molecule has 2 aliphatic heterocycles. The first kappa shape index (κ1) is 98.7. The van der Waals surface area contributed by atoms with Gasteiger partial charge in [0, 0.05) is 44.8 Å². The molecule has 0 radical (unpaired) electrons. The number of likely N-dealkylation sites (tertiary alicyclic amines) is 1. The van der Waals surface area contributed by atoms with E-state index in [1.165, 1.54) is 13.0 Å². The van der Waals surface area contributed by atoms with Gasteiger partial charge in [-0.25, -0.2) is 4.79 Å². The van der Waals surface area contributed by atoms with Crippen LogP contribution >= 0.6 is 0 Å². The number of aliphatic carboxylic acids is 3. The van der Waals surface area contributed by atoms with Crippen molar-refractivity contribution in [1.82, 2.24) is 68.7 Å².